The number of hydrogen-bond acceptors (Lipinski definition) is 8. The number of aryl methyl sites for hydroxylation is 1. The molecule has 3 aromatic rings. The van der Waals surface area contributed by atoms with E-state index >= 15 is 0 Å². The first-order chi connectivity index (χ1) is 15.1. The summed E-state index contributed by atoms with van der Waals surface area (Å²) >= 11 is 0. The van der Waals surface area contributed by atoms with Crippen LogP contribution < -0.4 is 15.0 Å². The summed E-state index contributed by atoms with van der Waals surface area (Å²) in [5, 5.41) is 3.35. The van der Waals surface area contributed by atoms with Gasteiger partial charge in [-0.05, 0) is 38.1 Å². The molecule has 1 N–H and O–H groups in total. The summed E-state index contributed by atoms with van der Waals surface area (Å²) in [5.74, 6) is 1.02. The number of fused-ring (bicyclic) bond motifs is 1. The number of hydrogen-bond donors (Lipinski definition) is 1. The fourth-order valence-corrected chi connectivity index (χ4v) is 3.68. The van der Waals surface area contributed by atoms with E-state index in [1.54, 1.807) is 32.5 Å². The molecular formula is C23H25N5O3. The van der Waals surface area contributed by atoms with Crippen LogP contribution in [0, 0.1) is 6.92 Å². The molecule has 0 saturated carbocycles. The number of rotatable bonds is 6. The monoisotopic (exact) mass is 419 g/mol. The van der Waals surface area contributed by atoms with Gasteiger partial charge in [0.05, 0.1) is 36.9 Å². The molecule has 0 spiro atoms. The van der Waals surface area contributed by atoms with E-state index in [0.29, 0.717) is 24.6 Å². The maximum absolute atomic E-state index is 12.1. The van der Waals surface area contributed by atoms with Crippen molar-refractivity contribution in [1.82, 2.24) is 15.0 Å². The van der Waals surface area contributed by atoms with Gasteiger partial charge in [-0.2, -0.15) is 0 Å². The first kappa shape index (κ1) is 20.6. The minimum absolute atomic E-state index is 0.339. The largest absolute Gasteiger partial charge is 0.481 e. The number of esters is 1. The lowest BCUT2D eigenvalue weighted by Gasteiger charge is -2.31. The molecule has 0 fully saturated rings. The smallest absolute Gasteiger partial charge is 0.338 e. The Labute approximate surface area is 181 Å². The average molecular weight is 419 g/mol. The highest BCUT2D eigenvalue weighted by molar-refractivity contribution is 5.90. The molecule has 1 aliphatic rings. The number of nitrogens with zero attached hydrogens (tertiary/aromatic N) is 4. The van der Waals surface area contributed by atoms with Crippen LogP contribution in [-0.2, 0) is 17.7 Å². The first-order valence-corrected chi connectivity index (χ1v) is 10.2. The second-order valence-corrected chi connectivity index (χ2v) is 7.27. The summed E-state index contributed by atoms with van der Waals surface area (Å²) in [6.45, 7) is 5.61. The number of benzene rings is 1. The Balaban J connectivity index is 1.59. The summed E-state index contributed by atoms with van der Waals surface area (Å²) in [6.07, 6.45) is 4.21. The quantitative estimate of drug-likeness (QED) is 0.606. The van der Waals surface area contributed by atoms with Crippen LogP contribution in [0.15, 0.2) is 42.9 Å². The minimum atomic E-state index is -0.343. The summed E-state index contributed by atoms with van der Waals surface area (Å²) in [5.41, 5.74) is 5.34. The van der Waals surface area contributed by atoms with Crippen molar-refractivity contribution in [2.45, 2.75) is 26.8 Å². The van der Waals surface area contributed by atoms with E-state index in [-0.39, 0.29) is 5.97 Å². The average Bonchev–Trinajstić information content (AvgIpc) is 2.79. The maximum Gasteiger partial charge on any atom is 0.338 e. The van der Waals surface area contributed by atoms with Crippen LogP contribution in [-0.4, -0.2) is 41.2 Å². The van der Waals surface area contributed by atoms with Gasteiger partial charge in [0.2, 0.25) is 5.88 Å². The third-order valence-corrected chi connectivity index (χ3v) is 5.21. The van der Waals surface area contributed by atoms with E-state index in [1.807, 2.05) is 25.3 Å². The fraction of sp³-hybridized carbons (Fsp3) is 0.304. The molecule has 2 aromatic heterocycles. The van der Waals surface area contributed by atoms with Crippen LogP contribution in [0.4, 0.5) is 17.2 Å². The second kappa shape index (κ2) is 8.99. The van der Waals surface area contributed by atoms with Gasteiger partial charge >= 0.3 is 5.97 Å². The highest BCUT2D eigenvalue weighted by Crippen LogP contribution is 2.30. The van der Waals surface area contributed by atoms with Crippen molar-refractivity contribution >= 4 is 23.2 Å². The number of pyridine rings is 1. The molecule has 0 saturated heterocycles. The zero-order valence-electron chi connectivity index (χ0n) is 17.9. The van der Waals surface area contributed by atoms with Gasteiger partial charge in [0.15, 0.2) is 0 Å². The van der Waals surface area contributed by atoms with Crippen LogP contribution in [0.2, 0.25) is 0 Å². The van der Waals surface area contributed by atoms with Gasteiger partial charge < -0.3 is 19.7 Å². The molecule has 160 valence electrons. The van der Waals surface area contributed by atoms with E-state index < -0.39 is 0 Å². The lowest BCUT2D eigenvalue weighted by Crippen LogP contribution is -2.32. The number of carbonyl (C=O) groups is 1. The van der Waals surface area contributed by atoms with Gasteiger partial charge in [-0.1, -0.05) is 6.07 Å². The van der Waals surface area contributed by atoms with Crippen LogP contribution >= 0.6 is 0 Å². The van der Waals surface area contributed by atoms with Gasteiger partial charge in [-0.25, -0.2) is 19.7 Å². The molecule has 0 aliphatic carbocycles. The topological polar surface area (TPSA) is 89.5 Å². The number of carbonyl (C=O) groups excluding carboxylic acids is 1. The zero-order valence-corrected chi connectivity index (χ0v) is 17.9. The van der Waals surface area contributed by atoms with Crippen molar-refractivity contribution in [3.63, 3.8) is 0 Å². The zero-order chi connectivity index (χ0) is 21.8. The van der Waals surface area contributed by atoms with E-state index in [9.17, 15) is 4.79 Å². The number of methoxy groups -OCH3 is 1. The van der Waals surface area contributed by atoms with E-state index in [4.69, 9.17) is 9.47 Å². The van der Waals surface area contributed by atoms with Gasteiger partial charge in [-0.3, -0.25) is 0 Å². The van der Waals surface area contributed by atoms with E-state index in [2.05, 4.69) is 31.2 Å². The third-order valence-electron chi connectivity index (χ3n) is 5.21. The van der Waals surface area contributed by atoms with Crippen LogP contribution in [0.1, 0.15) is 34.1 Å². The number of aromatic nitrogens is 3. The normalized spacial score (nSPS) is 12.8. The molecule has 31 heavy (non-hydrogen) atoms. The Kier molecular flexibility index (Phi) is 5.97. The molecule has 0 bridgehead atoms. The van der Waals surface area contributed by atoms with Crippen molar-refractivity contribution in [1.29, 1.82) is 0 Å². The lowest BCUT2D eigenvalue weighted by atomic mass is 10.0. The van der Waals surface area contributed by atoms with Crippen molar-refractivity contribution in [2.24, 2.45) is 0 Å². The van der Waals surface area contributed by atoms with Gasteiger partial charge in [0, 0.05) is 36.3 Å². The molecule has 0 unspecified atom stereocenters. The molecule has 8 nitrogen and oxygen atoms in total. The maximum atomic E-state index is 12.1. The van der Waals surface area contributed by atoms with Crippen molar-refractivity contribution in [3.8, 4) is 5.88 Å². The van der Waals surface area contributed by atoms with Crippen LogP contribution in [0.25, 0.3) is 0 Å². The summed E-state index contributed by atoms with van der Waals surface area (Å²) in [7, 11) is 1.62. The van der Waals surface area contributed by atoms with Crippen molar-refractivity contribution in [3.05, 3.63) is 65.2 Å². The molecule has 4 rings (SSSR count). The van der Waals surface area contributed by atoms with Gasteiger partial charge in [0.1, 0.15) is 12.1 Å². The Morgan fingerprint density at radius 3 is 2.87 bits per heavy atom. The Hall–Kier alpha value is -3.68. The SMILES string of the molecule is CCOC(=O)c1cccc(Nc2ncnc3c2CN(c2cnc(OC)c(C)c2)CC3)c1. The van der Waals surface area contributed by atoms with E-state index in [1.165, 1.54) is 0 Å². The summed E-state index contributed by atoms with van der Waals surface area (Å²) in [4.78, 5) is 27.7. The van der Waals surface area contributed by atoms with Crippen molar-refractivity contribution in [2.75, 3.05) is 30.5 Å². The van der Waals surface area contributed by atoms with E-state index in [0.717, 1.165) is 47.0 Å². The predicted molar refractivity (Wildman–Crippen MR) is 118 cm³/mol. The van der Waals surface area contributed by atoms with Crippen molar-refractivity contribution < 1.29 is 14.3 Å². The van der Waals surface area contributed by atoms with Gasteiger partial charge in [0.25, 0.3) is 0 Å². The summed E-state index contributed by atoms with van der Waals surface area (Å²) < 4.78 is 10.4. The Morgan fingerprint density at radius 1 is 1.23 bits per heavy atom. The highest BCUT2D eigenvalue weighted by Gasteiger charge is 2.22. The molecule has 0 atom stereocenters. The highest BCUT2D eigenvalue weighted by atomic mass is 16.5. The minimum Gasteiger partial charge on any atom is -0.481 e. The van der Waals surface area contributed by atoms with Crippen LogP contribution in [0.5, 0.6) is 5.88 Å². The molecule has 1 aromatic carbocycles. The van der Waals surface area contributed by atoms with Gasteiger partial charge in [-0.15, -0.1) is 0 Å². The molecule has 8 heteroatoms. The number of ether oxygens (including phenoxy) is 2. The fourth-order valence-electron chi connectivity index (χ4n) is 3.68. The first-order valence-electron chi connectivity index (χ1n) is 10.2. The third kappa shape index (κ3) is 4.42. The summed E-state index contributed by atoms with van der Waals surface area (Å²) in [6, 6.07) is 9.30. The predicted octanol–water partition coefficient (Wildman–Crippen LogP) is 3.67. The molecule has 3 heterocycles. The second-order valence-electron chi connectivity index (χ2n) is 7.27. The molecule has 0 amide bonds. The number of nitrogens with one attached hydrogen (secondary N) is 1. The lowest BCUT2D eigenvalue weighted by molar-refractivity contribution is 0.0526. The standard InChI is InChI=1S/C23H25N5O3/c1-4-31-23(29)16-6-5-7-17(11-16)27-21-19-13-28(9-8-20(19)25-14-26-21)18-10-15(2)22(30-3)24-12-18/h5-7,10-12,14H,4,8-9,13H2,1-3H3,(H,25,26,27). The Bertz CT molecular complexity index is 1100. The molecule has 0 radical (unpaired) electrons. The molecular weight excluding hydrogens is 394 g/mol. The molecule has 1 aliphatic heterocycles. The Morgan fingerprint density at radius 2 is 2.10 bits per heavy atom. The number of anilines is 3. The van der Waals surface area contributed by atoms with Crippen LogP contribution in [0.3, 0.4) is 0 Å².